The average Bonchev–Trinajstić information content (AvgIpc) is 3.05. The summed E-state index contributed by atoms with van der Waals surface area (Å²) in [7, 11) is 1.53. The first-order chi connectivity index (χ1) is 14.2. The van der Waals surface area contributed by atoms with E-state index in [0.717, 1.165) is 5.56 Å². The summed E-state index contributed by atoms with van der Waals surface area (Å²) in [4.78, 5) is 35.2. The highest BCUT2D eigenvalue weighted by molar-refractivity contribution is 6.03. The molecular formula is C21H22FN5O3. The van der Waals surface area contributed by atoms with Gasteiger partial charge in [-0.15, -0.1) is 0 Å². The Morgan fingerprint density at radius 2 is 2.13 bits per heavy atom. The molecule has 3 N–H and O–H groups in total. The van der Waals surface area contributed by atoms with Gasteiger partial charge in [0.25, 0.3) is 5.91 Å². The van der Waals surface area contributed by atoms with Crippen molar-refractivity contribution in [3.63, 3.8) is 0 Å². The molecule has 0 bridgehead atoms. The number of nitrogens with two attached hydrogens (primary N) is 1. The van der Waals surface area contributed by atoms with Crippen molar-refractivity contribution in [1.82, 2.24) is 9.88 Å². The highest BCUT2D eigenvalue weighted by Gasteiger charge is 2.58. The average molecular weight is 411 g/mol. The van der Waals surface area contributed by atoms with Crippen LogP contribution in [0.2, 0.25) is 0 Å². The molecule has 2 aliphatic heterocycles. The van der Waals surface area contributed by atoms with Crippen LogP contribution in [0.25, 0.3) is 0 Å². The number of benzene rings is 1. The minimum Gasteiger partial charge on any atom is -0.375 e. The SMILES string of the molecule is Cc1ccc(C(=O)Nc2ccc(F)c([C@]34CO[C@H](C)[C@H]3C(=O)N(C)C(N)=N4)c2)nc1. The predicted molar refractivity (Wildman–Crippen MR) is 108 cm³/mol. The van der Waals surface area contributed by atoms with E-state index < -0.39 is 29.3 Å². The van der Waals surface area contributed by atoms with Gasteiger partial charge < -0.3 is 15.8 Å². The number of hydrogen-bond acceptors (Lipinski definition) is 6. The molecule has 9 heteroatoms. The molecule has 0 saturated carbocycles. The van der Waals surface area contributed by atoms with Crippen molar-refractivity contribution in [2.24, 2.45) is 16.6 Å². The van der Waals surface area contributed by atoms with Crippen LogP contribution >= 0.6 is 0 Å². The van der Waals surface area contributed by atoms with Crippen molar-refractivity contribution in [2.45, 2.75) is 25.5 Å². The van der Waals surface area contributed by atoms with E-state index in [1.165, 1.54) is 30.1 Å². The van der Waals surface area contributed by atoms with Crippen LogP contribution < -0.4 is 11.1 Å². The molecule has 0 spiro atoms. The number of hydrogen-bond donors (Lipinski definition) is 2. The minimum atomic E-state index is -1.29. The lowest BCUT2D eigenvalue weighted by molar-refractivity contribution is -0.134. The van der Waals surface area contributed by atoms with Gasteiger partial charge in [0.05, 0.1) is 18.6 Å². The van der Waals surface area contributed by atoms with E-state index in [1.54, 1.807) is 25.3 Å². The van der Waals surface area contributed by atoms with Crippen molar-refractivity contribution in [3.8, 4) is 0 Å². The summed E-state index contributed by atoms with van der Waals surface area (Å²) in [5.41, 5.74) is 6.32. The van der Waals surface area contributed by atoms with Crippen molar-refractivity contribution in [3.05, 3.63) is 59.2 Å². The van der Waals surface area contributed by atoms with E-state index in [0.29, 0.717) is 5.69 Å². The maximum absolute atomic E-state index is 15.0. The Morgan fingerprint density at radius 1 is 1.37 bits per heavy atom. The smallest absolute Gasteiger partial charge is 0.274 e. The molecular weight excluding hydrogens is 389 g/mol. The molecule has 1 aromatic carbocycles. The number of amides is 2. The quantitative estimate of drug-likeness (QED) is 0.800. The number of carbonyl (C=O) groups excluding carboxylic acids is 2. The molecule has 2 aromatic rings. The van der Waals surface area contributed by atoms with Crippen molar-refractivity contribution < 1.29 is 18.7 Å². The lowest BCUT2D eigenvalue weighted by atomic mass is 9.76. The lowest BCUT2D eigenvalue weighted by Crippen LogP contribution is -2.55. The molecule has 156 valence electrons. The summed E-state index contributed by atoms with van der Waals surface area (Å²) < 4.78 is 20.7. The topological polar surface area (TPSA) is 110 Å². The molecule has 1 aromatic heterocycles. The van der Waals surface area contributed by atoms with Crippen LogP contribution in [-0.2, 0) is 15.1 Å². The minimum absolute atomic E-state index is 0.00690. The van der Waals surface area contributed by atoms with Crippen LogP contribution in [0.5, 0.6) is 0 Å². The largest absolute Gasteiger partial charge is 0.375 e. The second kappa shape index (κ2) is 7.17. The van der Waals surface area contributed by atoms with Crippen LogP contribution in [0.3, 0.4) is 0 Å². The summed E-state index contributed by atoms with van der Waals surface area (Å²) in [6, 6.07) is 7.54. The number of nitrogens with one attached hydrogen (secondary N) is 1. The van der Waals surface area contributed by atoms with Gasteiger partial charge in [0.1, 0.15) is 17.1 Å². The molecule has 1 fully saturated rings. The maximum Gasteiger partial charge on any atom is 0.274 e. The monoisotopic (exact) mass is 411 g/mol. The van der Waals surface area contributed by atoms with E-state index in [-0.39, 0.29) is 29.7 Å². The highest BCUT2D eigenvalue weighted by Crippen LogP contribution is 2.47. The second-order valence-corrected chi connectivity index (χ2v) is 7.65. The molecule has 2 amide bonds. The van der Waals surface area contributed by atoms with Crippen molar-refractivity contribution in [2.75, 3.05) is 19.0 Å². The number of halogens is 1. The number of aliphatic imine (C=N–C) groups is 1. The number of ether oxygens (including phenoxy) is 1. The van der Waals surface area contributed by atoms with Gasteiger partial charge in [-0.2, -0.15) is 0 Å². The molecule has 0 aliphatic carbocycles. The Kier molecular flexibility index (Phi) is 4.77. The van der Waals surface area contributed by atoms with Crippen molar-refractivity contribution in [1.29, 1.82) is 0 Å². The standard InChI is InChI=1S/C21H22FN5O3/c1-11-4-7-16(24-9-11)18(28)25-13-5-6-15(22)14(8-13)21-10-30-12(2)17(21)19(29)27(3)20(23)26-21/h4-9,12,17H,10H2,1-3H3,(H2,23,26)(H,25,28)/t12-,17+,21-/m1/s1. The van der Waals surface area contributed by atoms with Gasteiger partial charge in [0.15, 0.2) is 5.96 Å². The number of guanidine groups is 1. The Morgan fingerprint density at radius 3 is 2.83 bits per heavy atom. The first-order valence-electron chi connectivity index (χ1n) is 9.51. The molecule has 3 atom stereocenters. The Hall–Kier alpha value is -3.33. The van der Waals surface area contributed by atoms with Gasteiger partial charge in [0.2, 0.25) is 5.91 Å². The molecule has 1 saturated heterocycles. The first kappa shape index (κ1) is 20.0. The summed E-state index contributed by atoms with van der Waals surface area (Å²) in [6.45, 7) is 3.63. The van der Waals surface area contributed by atoms with Gasteiger partial charge in [0, 0.05) is 24.5 Å². The Labute approximate surface area is 172 Å². The van der Waals surface area contributed by atoms with Gasteiger partial charge in [-0.1, -0.05) is 6.07 Å². The maximum atomic E-state index is 15.0. The zero-order valence-corrected chi connectivity index (χ0v) is 16.8. The van der Waals surface area contributed by atoms with Crippen LogP contribution in [0.15, 0.2) is 41.5 Å². The molecule has 3 heterocycles. The number of fused-ring (bicyclic) bond motifs is 1. The Bertz CT molecular complexity index is 1060. The van der Waals surface area contributed by atoms with Gasteiger partial charge in [-0.05, 0) is 43.7 Å². The molecule has 2 aliphatic rings. The Balaban J connectivity index is 1.73. The van der Waals surface area contributed by atoms with Crippen LogP contribution in [-0.4, -0.2) is 47.4 Å². The van der Waals surface area contributed by atoms with Gasteiger partial charge >= 0.3 is 0 Å². The van der Waals surface area contributed by atoms with E-state index in [4.69, 9.17) is 10.5 Å². The third-order valence-corrected chi connectivity index (χ3v) is 5.64. The zero-order chi connectivity index (χ0) is 21.6. The summed E-state index contributed by atoms with van der Waals surface area (Å²) in [6.07, 6.45) is 1.12. The fourth-order valence-corrected chi connectivity index (χ4v) is 3.98. The van der Waals surface area contributed by atoms with E-state index in [9.17, 15) is 14.0 Å². The fourth-order valence-electron chi connectivity index (χ4n) is 3.98. The first-order valence-corrected chi connectivity index (χ1v) is 9.51. The molecule has 0 unspecified atom stereocenters. The number of rotatable bonds is 3. The van der Waals surface area contributed by atoms with Crippen LogP contribution in [0.1, 0.15) is 28.5 Å². The number of nitrogens with zero attached hydrogens (tertiary/aromatic N) is 3. The number of pyridine rings is 1. The molecule has 8 nitrogen and oxygen atoms in total. The molecule has 4 rings (SSSR count). The van der Waals surface area contributed by atoms with E-state index in [2.05, 4.69) is 15.3 Å². The summed E-state index contributed by atoms with van der Waals surface area (Å²) in [5, 5.41) is 2.72. The fraction of sp³-hybridized carbons (Fsp3) is 0.333. The highest BCUT2D eigenvalue weighted by atomic mass is 19.1. The number of anilines is 1. The third kappa shape index (κ3) is 3.11. The summed E-state index contributed by atoms with van der Waals surface area (Å²) >= 11 is 0. The lowest BCUT2D eigenvalue weighted by Gasteiger charge is -2.38. The van der Waals surface area contributed by atoms with E-state index >= 15 is 0 Å². The molecule has 0 radical (unpaired) electrons. The molecule has 30 heavy (non-hydrogen) atoms. The second-order valence-electron chi connectivity index (χ2n) is 7.65. The summed E-state index contributed by atoms with van der Waals surface area (Å²) in [5.74, 6) is -2.01. The van der Waals surface area contributed by atoms with Gasteiger partial charge in [-0.3, -0.25) is 19.5 Å². The number of aryl methyl sites for hydroxylation is 1. The van der Waals surface area contributed by atoms with E-state index in [1.807, 2.05) is 6.92 Å². The predicted octanol–water partition coefficient (Wildman–Crippen LogP) is 1.80. The van der Waals surface area contributed by atoms with Gasteiger partial charge in [-0.25, -0.2) is 9.38 Å². The van der Waals surface area contributed by atoms with Crippen molar-refractivity contribution >= 4 is 23.5 Å². The van der Waals surface area contributed by atoms with Crippen LogP contribution in [0.4, 0.5) is 10.1 Å². The third-order valence-electron chi connectivity index (χ3n) is 5.64. The normalized spacial score (nSPS) is 25.7. The number of aromatic nitrogens is 1. The zero-order valence-electron chi connectivity index (χ0n) is 16.8. The van der Waals surface area contributed by atoms with Crippen LogP contribution in [0, 0.1) is 18.7 Å². The number of carbonyl (C=O) groups is 2.